The lowest BCUT2D eigenvalue weighted by Crippen LogP contribution is -2.27. The third-order valence-electron chi connectivity index (χ3n) is 3.41. The number of hydrogen-bond donors (Lipinski definition) is 2. The van der Waals surface area contributed by atoms with Crippen molar-refractivity contribution in [2.75, 3.05) is 5.75 Å². The fourth-order valence-corrected chi connectivity index (χ4v) is 2.75. The van der Waals surface area contributed by atoms with Crippen LogP contribution < -0.4 is 5.32 Å². The van der Waals surface area contributed by atoms with E-state index in [2.05, 4.69) is 27.4 Å². The van der Waals surface area contributed by atoms with E-state index in [1.807, 2.05) is 31.2 Å². The molecular formula is C16H18N4O2S. The second kappa shape index (κ2) is 6.87. The first-order chi connectivity index (χ1) is 11.2. The molecule has 1 aromatic carbocycles. The normalized spacial score (nSPS) is 12.4. The number of aromatic amines is 1. The van der Waals surface area contributed by atoms with Crippen LogP contribution in [0.25, 0.3) is 11.0 Å². The number of aromatic nitrogens is 3. The van der Waals surface area contributed by atoms with Gasteiger partial charge in [-0.05, 0) is 24.8 Å². The fraction of sp³-hybridized carbons (Fsp3) is 0.312. The van der Waals surface area contributed by atoms with E-state index in [1.54, 1.807) is 17.8 Å². The maximum Gasteiger partial charge on any atom is 0.274 e. The molecule has 0 aliphatic carbocycles. The molecule has 23 heavy (non-hydrogen) atoms. The first-order valence-corrected chi connectivity index (χ1v) is 8.61. The minimum atomic E-state index is -0.269. The van der Waals surface area contributed by atoms with Crippen LogP contribution in [-0.4, -0.2) is 26.8 Å². The molecular weight excluding hydrogens is 312 g/mol. The van der Waals surface area contributed by atoms with Crippen molar-refractivity contribution in [3.63, 3.8) is 0 Å². The number of H-pyrrole nitrogens is 1. The van der Waals surface area contributed by atoms with Gasteiger partial charge in [-0.25, -0.2) is 4.98 Å². The van der Waals surface area contributed by atoms with Gasteiger partial charge < -0.3 is 14.8 Å². The molecule has 2 heterocycles. The van der Waals surface area contributed by atoms with Crippen molar-refractivity contribution in [1.82, 2.24) is 20.4 Å². The second-order valence-corrected chi connectivity index (χ2v) is 6.42. The molecule has 0 aliphatic heterocycles. The number of hydrogen-bond acceptors (Lipinski definition) is 5. The number of rotatable bonds is 6. The van der Waals surface area contributed by atoms with Crippen molar-refractivity contribution in [3.05, 3.63) is 47.6 Å². The molecule has 120 valence electrons. The monoisotopic (exact) mass is 330 g/mol. The van der Waals surface area contributed by atoms with Crippen LogP contribution in [0.4, 0.5) is 0 Å². The van der Waals surface area contributed by atoms with Crippen molar-refractivity contribution in [2.24, 2.45) is 0 Å². The molecule has 6 nitrogen and oxygen atoms in total. The van der Waals surface area contributed by atoms with E-state index in [4.69, 9.17) is 4.52 Å². The number of para-hydroxylation sites is 2. The summed E-state index contributed by atoms with van der Waals surface area (Å²) in [6.45, 7) is 3.95. The van der Waals surface area contributed by atoms with Crippen LogP contribution >= 0.6 is 11.8 Å². The predicted molar refractivity (Wildman–Crippen MR) is 90.3 cm³/mol. The molecule has 2 aromatic heterocycles. The number of carbonyl (C=O) groups excluding carboxylic acids is 1. The third kappa shape index (κ3) is 3.56. The van der Waals surface area contributed by atoms with Gasteiger partial charge in [-0.2, -0.15) is 11.8 Å². The molecule has 0 unspecified atom stereocenters. The maximum atomic E-state index is 12.2. The molecule has 1 atom stereocenters. The van der Waals surface area contributed by atoms with Crippen LogP contribution in [0.3, 0.4) is 0 Å². The molecule has 0 saturated carbocycles. The summed E-state index contributed by atoms with van der Waals surface area (Å²) in [5.74, 6) is 2.86. The molecule has 2 N–H and O–H groups in total. The average molecular weight is 330 g/mol. The Kier molecular flexibility index (Phi) is 4.66. The predicted octanol–water partition coefficient (Wildman–Crippen LogP) is 3.30. The van der Waals surface area contributed by atoms with Gasteiger partial charge in [0.2, 0.25) is 0 Å². The van der Waals surface area contributed by atoms with Gasteiger partial charge in [-0.3, -0.25) is 4.79 Å². The van der Waals surface area contributed by atoms with E-state index >= 15 is 0 Å². The van der Waals surface area contributed by atoms with E-state index in [0.717, 1.165) is 22.5 Å². The number of fused-ring (bicyclic) bond motifs is 1. The van der Waals surface area contributed by atoms with Crippen molar-refractivity contribution < 1.29 is 9.32 Å². The number of benzene rings is 1. The molecule has 3 aromatic rings. The lowest BCUT2D eigenvalue weighted by atomic mass is 10.3. The highest BCUT2D eigenvalue weighted by Gasteiger charge is 2.17. The van der Waals surface area contributed by atoms with Gasteiger partial charge >= 0.3 is 0 Å². The number of carbonyl (C=O) groups is 1. The van der Waals surface area contributed by atoms with E-state index < -0.39 is 0 Å². The first-order valence-electron chi connectivity index (χ1n) is 7.46. The molecule has 1 amide bonds. The number of nitrogens with zero attached hydrogens (tertiary/aromatic N) is 2. The Morgan fingerprint density at radius 2 is 2.26 bits per heavy atom. The second-order valence-electron chi connectivity index (χ2n) is 5.15. The van der Waals surface area contributed by atoms with Gasteiger partial charge in [0.25, 0.3) is 5.91 Å². The van der Waals surface area contributed by atoms with Gasteiger partial charge in [0.1, 0.15) is 11.6 Å². The minimum Gasteiger partial charge on any atom is -0.360 e. The van der Waals surface area contributed by atoms with Crippen molar-refractivity contribution >= 4 is 28.7 Å². The lowest BCUT2D eigenvalue weighted by molar-refractivity contribution is 0.0929. The van der Waals surface area contributed by atoms with E-state index in [-0.39, 0.29) is 11.9 Å². The molecule has 0 fully saturated rings. The smallest absolute Gasteiger partial charge is 0.274 e. The Bertz CT molecular complexity index is 778. The standard InChI is InChI=1S/C16H18N4O2S/c1-3-23-9-11-8-14(20-22-11)16(21)17-10(2)15-18-12-6-4-5-7-13(12)19-15/h4-8,10H,3,9H2,1-2H3,(H,17,21)(H,18,19)/t10-/m0/s1. The Balaban J connectivity index is 1.67. The molecule has 7 heteroatoms. The summed E-state index contributed by atoms with van der Waals surface area (Å²) in [5, 5.41) is 6.71. The zero-order valence-electron chi connectivity index (χ0n) is 13.0. The summed E-state index contributed by atoms with van der Waals surface area (Å²) >= 11 is 1.72. The maximum absolute atomic E-state index is 12.2. The molecule has 3 rings (SSSR count). The highest BCUT2D eigenvalue weighted by Crippen LogP contribution is 2.17. The van der Waals surface area contributed by atoms with Crippen LogP contribution in [0.5, 0.6) is 0 Å². The Morgan fingerprint density at radius 3 is 3.04 bits per heavy atom. The molecule has 0 aliphatic rings. The first kappa shape index (κ1) is 15.6. The summed E-state index contributed by atoms with van der Waals surface area (Å²) in [6, 6.07) is 9.19. The molecule has 0 radical (unpaired) electrons. The van der Waals surface area contributed by atoms with Crippen LogP contribution in [0.2, 0.25) is 0 Å². The topological polar surface area (TPSA) is 83.8 Å². The number of imidazole rings is 1. The van der Waals surface area contributed by atoms with Crippen LogP contribution in [0.15, 0.2) is 34.9 Å². The minimum absolute atomic E-state index is 0.250. The van der Waals surface area contributed by atoms with Crippen molar-refractivity contribution in [1.29, 1.82) is 0 Å². The zero-order valence-corrected chi connectivity index (χ0v) is 13.8. The Hall–Kier alpha value is -2.28. The summed E-state index contributed by atoms with van der Waals surface area (Å²) in [7, 11) is 0. The molecule has 0 bridgehead atoms. The SMILES string of the molecule is CCSCc1cc(C(=O)N[C@@H](C)c2nc3ccccc3[nH]2)no1. The number of thioether (sulfide) groups is 1. The fourth-order valence-electron chi connectivity index (χ4n) is 2.21. The average Bonchev–Trinajstić information content (AvgIpc) is 3.19. The Labute approximate surface area is 138 Å². The van der Waals surface area contributed by atoms with Crippen LogP contribution in [0, 0.1) is 0 Å². The highest BCUT2D eigenvalue weighted by molar-refractivity contribution is 7.98. The van der Waals surface area contributed by atoms with Gasteiger partial charge in [0, 0.05) is 6.07 Å². The van der Waals surface area contributed by atoms with Crippen LogP contribution in [0.1, 0.15) is 42.0 Å². The largest absolute Gasteiger partial charge is 0.360 e. The summed E-state index contributed by atoms with van der Waals surface area (Å²) in [5.41, 5.74) is 2.12. The summed E-state index contributed by atoms with van der Waals surface area (Å²) < 4.78 is 5.17. The number of amides is 1. The van der Waals surface area contributed by atoms with Gasteiger partial charge in [0.15, 0.2) is 5.69 Å². The lowest BCUT2D eigenvalue weighted by Gasteiger charge is -2.09. The van der Waals surface area contributed by atoms with Crippen molar-refractivity contribution in [2.45, 2.75) is 25.6 Å². The summed E-state index contributed by atoms with van der Waals surface area (Å²) in [4.78, 5) is 19.9. The number of nitrogens with one attached hydrogen (secondary N) is 2. The van der Waals surface area contributed by atoms with Gasteiger partial charge in [0.05, 0.1) is 22.8 Å². The zero-order chi connectivity index (χ0) is 16.2. The van der Waals surface area contributed by atoms with Gasteiger partial charge in [-0.1, -0.05) is 24.2 Å². The molecule has 0 spiro atoms. The Morgan fingerprint density at radius 1 is 1.43 bits per heavy atom. The van der Waals surface area contributed by atoms with Crippen molar-refractivity contribution in [3.8, 4) is 0 Å². The summed E-state index contributed by atoms with van der Waals surface area (Å²) in [6.07, 6.45) is 0. The van der Waals surface area contributed by atoms with E-state index in [0.29, 0.717) is 17.3 Å². The van der Waals surface area contributed by atoms with Gasteiger partial charge in [-0.15, -0.1) is 0 Å². The molecule has 0 saturated heterocycles. The third-order valence-corrected chi connectivity index (χ3v) is 4.30. The van der Waals surface area contributed by atoms with E-state index in [9.17, 15) is 4.79 Å². The van der Waals surface area contributed by atoms with Crippen LogP contribution in [-0.2, 0) is 5.75 Å². The highest BCUT2D eigenvalue weighted by atomic mass is 32.2. The quantitative estimate of drug-likeness (QED) is 0.724. The van der Waals surface area contributed by atoms with E-state index in [1.165, 1.54) is 0 Å².